The fourth-order valence-electron chi connectivity index (χ4n) is 0.0697. The van der Waals surface area contributed by atoms with Crippen LogP contribution in [0, 0.1) is 0 Å². The molecule has 0 aliphatic carbocycles. The van der Waals surface area contributed by atoms with Gasteiger partial charge in [0.05, 0.1) is 0 Å². The van der Waals surface area contributed by atoms with Crippen LogP contribution < -0.4 is 11.1 Å². The Morgan fingerprint density at radius 3 is 2.50 bits per heavy atom. The molecule has 0 rings (SSSR count). The van der Waals surface area contributed by atoms with E-state index in [1.54, 1.807) is 0 Å². The Morgan fingerprint density at radius 2 is 2.50 bits per heavy atom. The number of nitrogens with zero attached hydrogens (tertiary/aromatic N) is 1. The van der Waals surface area contributed by atoms with Crippen molar-refractivity contribution in [2.75, 3.05) is 6.73 Å². The number of aliphatic hydroxyl groups is 1. The molecule has 0 atom stereocenters. The van der Waals surface area contributed by atoms with Gasteiger partial charge in [0.25, 0.3) is 0 Å². The second-order valence-corrected chi connectivity index (χ2v) is 0.638. The van der Waals surface area contributed by atoms with Gasteiger partial charge in [0, 0.05) is 0 Å². The van der Waals surface area contributed by atoms with Crippen molar-refractivity contribution in [3.05, 3.63) is 0 Å². The van der Waals surface area contributed by atoms with Crippen LogP contribution in [0.1, 0.15) is 0 Å². The Balaban J connectivity index is 2.83. The molecule has 0 saturated heterocycles. The van der Waals surface area contributed by atoms with Crippen molar-refractivity contribution < 1.29 is 9.90 Å². The van der Waals surface area contributed by atoms with Crippen LogP contribution in [-0.2, 0) is 0 Å². The number of rotatable bonds is 1. The number of carbonyl (C=O) groups excluding carboxylic acids is 1. The summed E-state index contributed by atoms with van der Waals surface area (Å²) in [6.45, 7) is -0.519. The monoisotopic (exact) mass is 89.0 g/mol. The molecule has 0 heterocycles. The first-order chi connectivity index (χ1) is 2.77. The minimum Gasteiger partial charge on any atom is -0.374 e. The van der Waals surface area contributed by atoms with Crippen LogP contribution in [0.25, 0.3) is 0 Å². The molecule has 0 aliphatic heterocycles. The second-order valence-electron chi connectivity index (χ2n) is 0.638. The molecular formula is C2H5N2O2. The lowest BCUT2D eigenvalue weighted by molar-refractivity contribution is 0.223. The number of primary amides is 1. The fraction of sp³-hybridized carbons (Fsp3) is 0.500. The number of nitrogens with two attached hydrogens (primary N) is 1. The lowest BCUT2D eigenvalue weighted by Crippen LogP contribution is -2.22. The number of amides is 2. The Morgan fingerprint density at radius 1 is 2.00 bits per heavy atom. The van der Waals surface area contributed by atoms with Crippen LogP contribution in [0.2, 0.25) is 0 Å². The van der Waals surface area contributed by atoms with E-state index in [2.05, 4.69) is 11.1 Å². The molecule has 4 nitrogen and oxygen atoms in total. The first-order valence-electron chi connectivity index (χ1n) is 1.35. The summed E-state index contributed by atoms with van der Waals surface area (Å²) in [6.07, 6.45) is 0. The summed E-state index contributed by atoms with van der Waals surface area (Å²) in [5.41, 5.74) is 4.44. The number of hydrogen-bond acceptors (Lipinski definition) is 2. The van der Waals surface area contributed by atoms with Gasteiger partial charge in [0.2, 0.25) is 0 Å². The molecule has 35 valence electrons. The minimum atomic E-state index is -0.836. The van der Waals surface area contributed by atoms with Crippen LogP contribution in [0.5, 0.6) is 0 Å². The van der Waals surface area contributed by atoms with Crippen LogP contribution in [0.3, 0.4) is 0 Å². The van der Waals surface area contributed by atoms with Crippen molar-refractivity contribution in [3.63, 3.8) is 0 Å². The van der Waals surface area contributed by atoms with Gasteiger partial charge in [-0.2, -0.15) is 0 Å². The molecule has 0 aliphatic rings. The highest BCUT2D eigenvalue weighted by molar-refractivity contribution is 5.70. The molecule has 0 unspecified atom stereocenters. The molecule has 4 heteroatoms. The zero-order chi connectivity index (χ0) is 4.99. The largest absolute Gasteiger partial charge is 0.374 e. The van der Waals surface area contributed by atoms with Crippen molar-refractivity contribution in [3.8, 4) is 0 Å². The lowest BCUT2D eigenvalue weighted by atomic mass is 11.0. The average Bonchev–Trinajstić information content (AvgIpc) is 1.35. The summed E-state index contributed by atoms with van der Waals surface area (Å²) in [5.74, 6) is 0. The molecule has 0 aromatic heterocycles. The van der Waals surface area contributed by atoms with Gasteiger partial charge in [-0.05, 0) is 0 Å². The van der Waals surface area contributed by atoms with E-state index >= 15 is 0 Å². The third-order valence-corrected chi connectivity index (χ3v) is 0.227. The maximum Gasteiger partial charge on any atom is 0.336 e. The van der Waals surface area contributed by atoms with Crippen molar-refractivity contribution in [2.24, 2.45) is 5.73 Å². The summed E-state index contributed by atoms with van der Waals surface area (Å²) in [5, 5.41) is 10.6. The molecule has 3 N–H and O–H groups in total. The quantitative estimate of drug-likeness (QED) is 0.415. The van der Waals surface area contributed by atoms with E-state index in [4.69, 9.17) is 5.11 Å². The van der Waals surface area contributed by atoms with Crippen LogP contribution in [0.15, 0.2) is 0 Å². The van der Waals surface area contributed by atoms with Crippen LogP contribution in [-0.4, -0.2) is 17.9 Å². The molecule has 0 aromatic rings. The van der Waals surface area contributed by atoms with Gasteiger partial charge in [-0.25, -0.2) is 10.1 Å². The van der Waals surface area contributed by atoms with E-state index < -0.39 is 12.8 Å². The third kappa shape index (κ3) is 3.23. The topological polar surface area (TPSA) is 77.4 Å². The highest BCUT2D eigenvalue weighted by Crippen LogP contribution is 1.51. The molecule has 0 spiro atoms. The normalized spacial score (nSPS) is 7.50. The summed E-state index contributed by atoms with van der Waals surface area (Å²) >= 11 is 0. The van der Waals surface area contributed by atoms with Gasteiger partial charge >= 0.3 is 6.03 Å². The summed E-state index contributed by atoms with van der Waals surface area (Å²) in [7, 11) is 0. The van der Waals surface area contributed by atoms with Crippen molar-refractivity contribution in [2.45, 2.75) is 0 Å². The minimum absolute atomic E-state index is 0.519. The van der Waals surface area contributed by atoms with E-state index in [1.165, 1.54) is 0 Å². The van der Waals surface area contributed by atoms with Crippen molar-refractivity contribution in [1.29, 1.82) is 0 Å². The van der Waals surface area contributed by atoms with Gasteiger partial charge < -0.3 is 10.8 Å². The predicted molar refractivity (Wildman–Crippen MR) is 18.8 cm³/mol. The smallest absolute Gasteiger partial charge is 0.336 e. The molecule has 0 aromatic carbocycles. The van der Waals surface area contributed by atoms with Gasteiger partial charge in [-0.15, -0.1) is 0 Å². The van der Waals surface area contributed by atoms with Gasteiger partial charge in [-0.1, -0.05) is 0 Å². The Bertz CT molecular complexity index is 53.5. The van der Waals surface area contributed by atoms with Gasteiger partial charge in [0.1, 0.15) is 6.73 Å². The maximum atomic E-state index is 9.49. The summed E-state index contributed by atoms with van der Waals surface area (Å²) < 4.78 is 0. The lowest BCUT2D eigenvalue weighted by Gasteiger charge is -1.83. The average molecular weight is 89.1 g/mol. The molecule has 2 amide bonds. The summed E-state index contributed by atoms with van der Waals surface area (Å²) in [4.78, 5) is 9.49. The zero-order valence-electron chi connectivity index (χ0n) is 3.09. The van der Waals surface area contributed by atoms with E-state index in [1.807, 2.05) is 0 Å². The SMILES string of the molecule is NC(=O)[N]CO. The molecule has 1 radical (unpaired) electrons. The van der Waals surface area contributed by atoms with E-state index in [0.717, 1.165) is 0 Å². The number of hydrogen-bond donors (Lipinski definition) is 2. The van der Waals surface area contributed by atoms with Crippen molar-refractivity contribution >= 4 is 6.03 Å². The summed E-state index contributed by atoms with van der Waals surface area (Å²) in [6, 6.07) is -0.836. The Kier molecular flexibility index (Phi) is 2.15. The van der Waals surface area contributed by atoms with Crippen LogP contribution >= 0.6 is 0 Å². The second kappa shape index (κ2) is 2.47. The maximum absolute atomic E-state index is 9.49. The molecular weight excluding hydrogens is 84.0 g/mol. The number of aliphatic hydroxyl groups excluding tert-OH is 1. The number of urea groups is 1. The molecule has 0 bridgehead atoms. The van der Waals surface area contributed by atoms with E-state index in [0.29, 0.717) is 0 Å². The molecule has 0 fully saturated rings. The van der Waals surface area contributed by atoms with E-state index in [9.17, 15) is 4.79 Å². The fourth-order valence-corrected chi connectivity index (χ4v) is 0.0697. The highest BCUT2D eigenvalue weighted by Gasteiger charge is 1.84. The Labute approximate surface area is 34.9 Å². The molecule has 0 saturated carbocycles. The van der Waals surface area contributed by atoms with Crippen LogP contribution in [0.4, 0.5) is 4.79 Å². The number of carbonyl (C=O) groups is 1. The first-order valence-corrected chi connectivity index (χ1v) is 1.35. The Hall–Kier alpha value is -0.770. The first kappa shape index (κ1) is 5.23. The highest BCUT2D eigenvalue weighted by atomic mass is 16.3. The predicted octanol–water partition coefficient (Wildman–Crippen LogP) is -1.38. The van der Waals surface area contributed by atoms with Gasteiger partial charge in [0.15, 0.2) is 0 Å². The van der Waals surface area contributed by atoms with E-state index in [-0.39, 0.29) is 0 Å². The third-order valence-electron chi connectivity index (χ3n) is 0.227. The zero-order valence-corrected chi connectivity index (χ0v) is 3.09. The standard InChI is InChI=1S/C2H5N2O2/c3-2(6)4-1-5/h5H,1H2,(H2,3,6). The molecule has 6 heavy (non-hydrogen) atoms. The van der Waals surface area contributed by atoms with Gasteiger partial charge in [-0.3, -0.25) is 0 Å². The van der Waals surface area contributed by atoms with Crippen molar-refractivity contribution in [1.82, 2.24) is 5.32 Å².